The topological polar surface area (TPSA) is 32.3 Å². The van der Waals surface area contributed by atoms with Gasteiger partial charge in [-0.25, -0.2) is 0 Å². The van der Waals surface area contributed by atoms with Gasteiger partial charge in [-0.3, -0.25) is 9.69 Å². The largest absolute Gasteiger partial charge is 0.355 e. The van der Waals surface area contributed by atoms with Crippen LogP contribution in [0.4, 0.5) is 0 Å². The third kappa shape index (κ3) is 6.50. The van der Waals surface area contributed by atoms with E-state index in [4.69, 9.17) is 0 Å². The molecule has 0 bridgehead atoms. The van der Waals surface area contributed by atoms with Crippen molar-refractivity contribution in [1.82, 2.24) is 10.2 Å². The second-order valence-corrected chi connectivity index (χ2v) is 4.27. The van der Waals surface area contributed by atoms with Gasteiger partial charge < -0.3 is 5.32 Å². The Labute approximate surface area is 94.2 Å². The van der Waals surface area contributed by atoms with Crippen molar-refractivity contribution >= 4 is 5.91 Å². The first-order valence-corrected chi connectivity index (χ1v) is 6.07. The molecule has 1 atom stereocenters. The molecular weight excluding hydrogens is 188 g/mol. The van der Waals surface area contributed by atoms with Gasteiger partial charge in [0.15, 0.2) is 0 Å². The molecule has 0 rings (SSSR count). The summed E-state index contributed by atoms with van der Waals surface area (Å²) in [6.07, 6.45) is 5.47. The standard InChI is InChI=1S/C12H26N2O/c1-5-7-8-10-13-12(15)11(9-6-2)14(3)4/h11H,5-10H2,1-4H3,(H,13,15). The Morgan fingerprint density at radius 2 is 1.87 bits per heavy atom. The first kappa shape index (κ1) is 14.4. The van der Waals surface area contributed by atoms with E-state index in [1.165, 1.54) is 12.8 Å². The molecule has 3 nitrogen and oxygen atoms in total. The Bertz CT molecular complexity index is 169. The van der Waals surface area contributed by atoms with Crippen LogP contribution in [0.2, 0.25) is 0 Å². The number of carbonyl (C=O) groups is 1. The van der Waals surface area contributed by atoms with Crippen LogP contribution in [0.3, 0.4) is 0 Å². The fourth-order valence-electron chi connectivity index (χ4n) is 1.60. The second-order valence-electron chi connectivity index (χ2n) is 4.27. The van der Waals surface area contributed by atoms with E-state index in [1.807, 2.05) is 19.0 Å². The first-order valence-electron chi connectivity index (χ1n) is 6.07. The van der Waals surface area contributed by atoms with Crippen LogP contribution in [0.15, 0.2) is 0 Å². The molecule has 0 aromatic heterocycles. The second kappa shape index (κ2) is 8.72. The van der Waals surface area contributed by atoms with Gasteiger partial charge in [0.1, 0.15) is 0 Å². The molecule has 0 aliphatic carbocycles. The monoisotopic (exact) mass is 214 g/mol. The van der Waals surface area contributed by atoms with E-state index in [2.05, 4.69) is 19.2 Å². The maximum Gasteiger partial charge on any atom is 0.237 e. The van der Waals surface area contributed by atoms with Gasteiger partial charge in [0.25, 0.3) is 0 Å². The van der Waals surface area contributed by atoms with Crippen molar-refractivity contribution < 1.29 is 4.79 Å². The Morgan fingerprint density at radius 3 is 2.33 bits per heavy atom. The van der Waals surface area contributed by atoms with Crippen LogP contribution in [0, 0.1) is 0 Å². The highest BCUT2D eigenvalue weighted by molar-refractivity contribution is 5.81. The number of hydrogen-bond acceptors (Lipinski definition) is 2. The van der Waals surface area contributed by atoms with Crippen molar-refractivity contribution in [3.63, 3.8) is 0 Å². The van der Waals surface area contributed by atoms with Crippen LogP contribution in [-0.2, 0) is 4.79 Å². The normalized spacial score (nSPS) is 12.9. The molecule has 0 aliphatic rings. The van der Waals surface area contributed by atoms with Crippen molar-refractivity contribution in [3.8, 4) is 0 Å². The maximum absolute atomic E-state index is 11.8. The summed E-state index contributed by atoms with van der Waals surface area (Å²) < 4.78 is 0. The number of nitrogens with one attached hydrogen (secondary N) is 1. The number of rotatable bonds is 8. The Hall–Kier alpha value is -0.570. The maximum atomic E-state index is 11.8. The molecule has 0 fully saturated rings. The molecule has 0 aromatic rings. The zero-order chi connectivity index (χ0) is 11.7. The summed E-state index contributed by atoms with van der Waals surface area (Å²) in [7, 11) is 3.93. The molecular formula is C12H26N2O. The van der Waals surface area contributed by atoms with E-state index in [-0.39, 0.29) is 11.9 Å². The van der Waals surface area contributed by atoms with Crippen molar-refractivity contribution in [1.29, 1.82) is 0 Å². The summed E-state index contributed by atoms with van der Waals surface area (Å²) in [6.45, 7) is 5.10. The number of hydrogen-bond donors (Lipinski definition) is 1. The molecule has 0 saturated carbocycles. The molecule has 0 saturated heterocycles. The Morgan fingerprint density at radius 1 is 1.20 bits per heavy atom. The fraction of sp³-hybridized carbons (Fsp3) is 0.917. The van der Waals surface area contributed by atoms with E-state index in [1.54, 1.807) is 0 Å². The van der Waals surface area contributed by atoms with Crippen LogP contribution in [0.25, 0.3) is 0 Å². The minimum atomic E-state index is 0.0385. The van der Waals surface area contributed by atoms with Crippen LogP contribution in [-0.4, -0.2) is 37.5 Å². The Balaban J connectivity index is 3.82. The summed E-state index contributed by atoms with van der Waals surface area (Å²) >= 11 is 0. The number of nitrogens with zero attached hydrogens (tertiary/aromatic N) is 1. The van der Waals surface area contributed by atoms with Crippen molar-refractivity contribution in [2.24, 2.45) is 0 Å². The van der Waals surface area contributed by atoms with Gasteiger partial charge in [0, 0.05) is 6.54 Å². The number of unbranched alkanes of at least 4 members (excludes halogenated alkanes) is 2. The molecule has 15 heavy (non-hydrogen) atoms. The van der Waals surface area contributed by atoms with E-state index in [0.29, 0.717) is 0 Å². The minimum Gasteiger partial charge on any atom is -0.355 e. The van der Waals surface area contributed by atoms with Gasteiger partial charge in [-0.05, 0) is 26.9 Å². The van der Waals surface area contributed by atoms with E-state index in [0.717, 1.165) is 25.8 Å². The quantitative estimate of drug-likeness (QED) is 0.627. The first-order chi connectivity index (χ1) is 7.13. The molecule has 3 heteroatoms. The van der Waals surface area contributed by atoms with Gasteiger partial charge in [-0.15, -0.1) is 0 Å². The van der Waals surface area contributed by atoms with Gasteiger partial charge in [-0.2, -0.15) is 0 Å². The lowest BCUT2D eigenvalue weighted by Crippen LogP contribution is -2.43. The smallest absolute Gasteiger partial charge is 0.237 e. The molecule has 1 unspecified atom stereocenters. The van der Waals surface area contributed by atoms with Gasteiger partial charge in [0.2, 0.25) is 5.91 Å². The number of likely N-dealkylation sites (N-methyl/N-ethyl adjacent to an activating group) is 1. The lowest BCUT2D eigenvalue weighted by Gasteiger charge is -2.22. The molecule has 90 valence electrons. The lowest BCUT2D eigenvalue weighted by atomic mass is 10.1. The number of carbonyl (C=O) groups excluding carboxylic acids is 1. The predicted octanol–water partition coefficient (Wildman–Crippen LogP) is 2.02. The molecule has 1 N–H and O–H groups in total. The average molecular weight is 214 g/mol. The SMILES string of the molecule is CCCCCNC(=O)C(CCC)N(C)C. The molecule has 0 radical (unpaired) electrons. The molecule has 1 amide bonds. The van der Waals surface area contributed by atoms with Gasteiger partial charge >= 0.3 is 0 Å². The van der Waals surface area contributed by atoms with Crippen LogP contribution < -0.4 is 5.32 Å². The van der Waals surface area contributed by atoms with Gasteiger partial charge in [-0.1, -0.05) is 33.1 Å². The average Bonchev–Trinajstić information content (AvgIpc) is 2.20. The van der Waals surface area contributed by atoms with E-state index in [9.17, 15) is 4.79 Å². The summed E-state index contributed by atoms with van der Waals surface area (Å²) in [5.41, 5.74) is 0. The van der Waals surface area contributed by atoms with Crippen molar-refractivity contribution in [3.05, 3.63) is 0 Å². The van der Waals surface area contributed by atoms with E-state index < -0.39 is 0 Å². The van der Waals surface area contributed by atoms with Crippen LogP contribution in [0.5, 0.6) is 0 Å². The molecule has 0 aromatic carbocycles. The zero-order valence-corrected chi connectivity index (χ0v) is 10.7. The summed E-state index contributed by atoms with van der Waals surface area (Å²) in [5.74, 6) is 0.179. The van der Waals surface area contributed by atoms with Crippen LogP contribution >= 0.6 is 0 Å². The molecule has 0 aliphatic heterocycles. The molecule has 0 heterocycles. The zero-order valence-electron chi connectivity index (χ0n) is 10.7. The highest BCUT2D eigenvalue weighted by Gasteiger charge is 2.18. The third-order valence-electron chi connectivity index (χ3n) is 2.57. The van der Waals surface area contributed by atoms with Crippen LogP contribution in [0.1, 0.15) is 46.0 Å². The number of amides is 1. The van der Waals surface area contributed by atoms with Gasteiger partial charge in [0.05, 0.1) is 6.04 Å². The summed E-state index contributed by atoms with van der Waals surface area (Å²) in [5, 5.41) is 3.00. The lowest BCUT2D eigenvalue weighted by molar-refractivity contribution is -0.125. The van der Waals surface area contributed by atoms with Crippen molar-refractivity contribution in [2.45, 2.75) is 52.0 Å². The fourth-order valence-corrected chi connectivity index (χ4v) is 1.60. The Kier molecular flexibility index (Phi) is 8.38. The van der Waals surface area contributed by atoms with Crippen molar-refractivity contribution in [2.75, 3.05) is 20.6 Å². The summed E-state index contributed by atoms with van der Waals surface area (Å²) in [4.78, 5) is 13.8. The predicted molar refractivity (Wildman–Crippen MR) is 64.9 cm³/mol. The molecule has 0 spiro atoms. The summed E-state index contributed by atoms with van der Waals surface area (Å²) in [6, 6.07) is 0.0385. The highest BCUT2D eigenvalue weighted by atomic mass is 16.2. The third-order valence-corrected chi connectivity index (χ3v) is 2.57. The minimum absolute atomic E-state index is 0.0385. The highest BCUT2D eigenvalue weighted by Crippen LogP contribution is 2.03. The van der Waals surface area contributed by atoms with E-state index >= 15 is 0 Å².